The summed E-state index contributed by atoms with van der Waals surface area (Å²) in [6.07, 6.45) is 8.70. The maximum atomic E-state index is 5.15. The van der Waals surface area contributed by atoms with Crippen LogP contribution in [0.1, 0.15) is 44.6 Å². The third-order valence-corrected chi connectivity index (χ3v) is 13.4. The Hall–Kier alpha value is -0.789. The average molecular weight is 533 g/mol. The number of furan rings is 2. The number of rotatable bonds is 8. The largest absolute Gasteiger partial charge is 0.469 e. The molecule has 0 aliphatic heterocycles. The van der Waals surface area contributed by atoms with Gasteiger partial charge in [-0.1, -0.05) is 79.3 Å². The van der Waals surface area contributed by atoms with Crippen molar-refractivity contribution in [1.82, 2.24) is 0 Å². The maximum Gasteiger partial charge on any atom is 0.111 e. The van der Waals surface area contributed by atoms with Gasteiger partial charge in [0.2, 0.25) is 0 Å². The van der Waals surface area contributed by atoms with E-state index in [1.165, 1.54) is 6.42 Å². The van der Waals surface area contributed by atoms with Crippen LogP contribution in [0.25, 0.3) is 0 Å². The number of hydrogen-bond acceptors (Lipinski definition) is 2. The van der Waals surface area contributed by atoms with E-state index in [1.54, 1.807) is 25.4 Å². The van der Waals surface area contributed by atoms with Crippen LogP contribution in [0.3, 0.4) is 0 Å². The standard InChI is InChI=1S/C17H36Si2.C9H8O2.C4H12Si/c1-12(14-10-16(14)18(3,4)5)9-13(2)15-11-17(15)19(6,7)8;1-3-8(10-5-1)7-9-4-2-6-11-9;1-5(2,3)4/h12-17H,9-11H2,1-8H3;1-6H,7H2;1-4H3/t12-,13?,14?,15-,16-,17+;;/m0../s1. The highest BCUT2D eigenvalue weighted by Gasteiger charge is 2.51. The van der Waals surface area contributed by atoms with Crippen molar-refractivity contribution in [2.45, 2.75) is 116 Å². The van der Waals surface area contributed by atoms with Crippen LogP contribution < -0.4 is 0 Å². The SMILES string of the molecule is CC(C[C@H](C)C1C[C@@H]1[Si](C)(C)C)[C@@H]1C[C@H]1[Si](C)(C)C.C[Si](C)(C)C.c1coc(Cc2ccco2)c1. The molecule has 35 heavy (non-hydrogen) atoms. The zero-order valence-electron chi connectivity index (χ0n) is 25.1. The van der Waals surface area contributed by atoms with Gasteiger partial charge in [0.1, 0.15) is 11.5 Å². The molecule has 0 saturated heterocycles. The molecular formula is C30H56O2Si3. The first kappa shape index (κ1) is 30.4. The van der Waals surface area contributed by atoms with Gasteiger partial charge >= 0.3 is 0 Å². The third-order valence-electron chi connectivity index (χ3n) is 7.62. The highest BCUT2D eigenvalue weighted by atomic mass is 28.3. The van der Waals surface area contributed by atoms with Crippen molar-refractivity contribution in [3.8, 4) is 0 Å². The Morgan fingerprint density at radius 2 is 1.03 bits per heavy atom. The van der Waals surface area contributed by atoms with E-state index in [0.717, 1.165) is 52.7 Å². The summed E-state index contributed by atoms with van der Waals surface area (Å²) in [4.78, 5) is 0. The average Bonchev–Trinajstić information content (AvgIpc) is 3.57. The molecule has 2 saturated carbocycles. The van der Waals surface area contributed by atoms with Crippen molar-refractivity contribution in [1.29, 1.82) is 0 Å². The van der Waals surface area contributed by atoms with Gasteiger partial charge in [-0.25, -0.2) is 0 Å². The van der Waals surface area contributed by atoms with Gasteiger partial charge in [0.25, 0.3) is 0 Å². The minimum atomic E-state index is -0.848. The summed E-state index contributed by atoms with van der Waals surface area (Å²) in [5, 5.41) is 0. The van der Waals surface area contributed by atoms with Gasteiger partial charge in [-0.3, -0.25) is 0 Å². The summed E-state index contributed by atoms with van der Waals surface area (Å²) in [5.74, 6) is 6.04. The van der Waals surface area contributed by atoms with Gasteiger partial charge in [0.05, 0.1) is 18.9 Å². The second-order valence-electron chi connectivity index (χ2n) is 15.3. The smallest absolute Gasteiger partial charge is 0.111 e. The van der Waals surface area contributed by atoms with Crippen molar-refractivity contribution in [3.05, 3.63) is 48.3 Å². The van der Waals surface area contributed by atoms with Crippen molar-refractivity contribution in [3.63, 3.8) is 0 Å². The summed E-state index contributed by atoms with van der Waals surface area (Å²) in [6.45, 7) is 29.8. The van der Waals surface area contributed by atoms with Crippen molar-refractivity contribution < 1.29 is 8.83 Å². The molecular weight excluding hydrogens is 477 g/mol. The summed E-state index contributed by atoms with van der Waals surface area (Å²) >= 11 is 0. The second-order valence-corrected chi connectivity index (χ2v) is 32.2. The lowest BCUT2D eigenvalue weighted by atomic mass is 9.90. The fourth-order valence-electron chi connectivity index (χ4n) is 5.61. The van der Waals surface area contributed by atoms with E-state index in [1.807, 2.05) is 24.3 Å². The highest BCUT2D eigenvalue weighted by molar-refractivity contribution is 6.78. The van der Waals surface area contributed by atoms with Crippen LogP contribution in [0.5, 0.6) is 0 Å². The Kier molecular flexibility index (Phi) is 10.6. The molecule has 2 aliphatic carbocycles. The monoisotopic (exact) mass is 532 g/mol. The van der Waals surface area contributed by atoms with E-state index in [4.69, 9.17) is 8.83 Å². The van der Waals surface area contributed by atoms with E-state index < -0.39 is 24.2 Å². The van der Waals surface area contributed by atoms with Crippen LogP contribution in [-0.4, -0.2) is 24.2 Å². The fraction of sp³-hybridized carbons (Fsp3) is 0.733. The Labute approximate surface area is 220 Å². The molecule has 0 N–H and O–H groups in total. The second kappa shape index (κ2) is 12.2. The lowest BCUT2D eigenvalue weighted by Crippen LogP contribution is -2.23. The Balaban J connectivity index is 0.000000226. The first-order valence-corrected chi connectivity index (χ1v) is 25.2. The molecule has 200 valence electrons. The van der Waals surface area contributed by atoms with Crippen LogP contribution in [0, 0.1) is 23.7 Å². The molecule has 5 heteroatoms. The van der Waals surface area contributed by atoms with Crippen LogP contribution in [0.15, 0.2) is 45.6 Å². The van der Waals surface area contributed by atoms with Crippen molar-refractivity contribution >= 4 is 24.2 Å². The molecule has 2 aliphatic rings. The maximum absolute atomic E-state index is 5.15. The first-order chi connectivity index (χ1) is 16.0. The Morgan fingerprint density at radius 3 is 1.26 bits per heavy atom. The zero-order chi connectivity index (χ0) is 26.6. The molecule has 6 atom stereocenters. The zero-order valence-corrected chi connectivity index (χ0v) is 28.1. The lowest BCUT2D eigenvalue weighted by Gasteiger charge is -2.23. The number of hydrogen-bond donors (Lipinski definition) is 0. The van der Waals surface area contributed by atoms with E-state index in [2.05, 4.69) is 79.3 Å². The summed E-state index contributed by atoms with van der Waals surface area (Å²) in [5.41, 5.74) is 2.28. The Bertz CT molecular complexity index is 768. The van der Waals surface area contributed by atoms with Gasteiger partial charge in [0, 0.05) is 24.2 Å². The van der Waals surface area contributed by atoms with Crippen LogP contribution in [0.2, 0.25) is 76.6 Å². The molecule has 0 amide bonds. The van der Waals surface area contributed by atoms with Gasteiger partial charge < -0.3 is 8.83 Å². The van der Waals surface area contributed by atoms with Crippen molar-refractivity contribution in [2.24, 2.45) is 23.7 Å². The normalized spacial score (nSPS) is 25.5. The molecule has 2 aromatic rings. The Morgan fingerprint density at radius 1 is 0.686 bits per heavy atom. The van der Waals surface area contributed by atoms with Crippen LogP contribution in [0.4, 0.5) is 0 Å². The molecule has 2 aromatic heterocycles. The fourth-order valence-corrected chi connectivity index (χ4v) is 10.8. The van der Waals surface area contributed by atoms with Gasteiger partial charge in [-0.2, -0.15) is 0 Å². The van der Waals surface area contributed by atoms with E-state index in [-0.39, 0.29) is 0 Å². The minimum absolute atomic E-state index is 0.611. The molecule has 0 bridgehead atoms. The van der Waals surface area contributed by atoms with E-state index in [0.29, 0.717) is 0 Å². The van der Waals surface area contributed by atoms with E-state index >= 15 is 0 Å². The molecule has 2 heterocycles. The van der Waals surface area contributed by atoms with Crippen LogP contribution in [-0.2, 0) is 6.42 Å². The quantitative estimate of drug-likeness (QED) is 0.316. The molecule has 0 radical (unpaired) electrons. The predicted molar refractivity (Wildman–Crippen MR) is 163 cm³/mol. The molecule has 0 aromatic carbocycles. The highest BCUT2D eigenvalue weighted by Crippen LogP contribution is 2.60. The summed E-state index contributed by atoms with van der Waals surface area (Å²) in [6, 6.07) is 7.61. The topological polar surface area (TPSA) is 26.3 Å². The molecule has 2 unspecified atom stereocenters. The van der Waals surface area contributed by atoms with Crippen LogP contribution >= 0.6 is 0 Å². The molecule has 2 fully saturated rings. The molecule has 4 rings (SSSR count). The molecule has 2 nitrogen and oxygen atoms in total. The van der Waals surface area contributed by atoms with Gasteiger partial charge in [-0.15, -0.1) is 0 Å². The first-order valence-electron chi connectivity index (χ1n) is 14.0. The summed E-state index contributed by atoms with van der Waals surface area (Å²) in [7, 11) is -2.31. The third kappa shape index (κ3) is 11.4. The predicted octanol–water partition coefficient (Wildman–Crippen LogP) is 10.5. The summed E-state index contributed by atoms with van der Waals surface area (Å²) < 4.78 is 10.3. The van der Waals surface area contributed by atoms with Gasteiger partial charge in [0.15, 0.2) is 0 Å². The lowest BCUT2D eigenvalue weighted by molar-refractivity contribution is 0.350. The molecule has 0 spiro atoms. The van der Waals surface area contributed by atoms with Crippen molar-refractivity contribution in [2.75, 3.05) is 0 Å². The van der Waals surface area contributed by atoms with E-state index in [9.17, 15) is 0 Å². The minimum Gasteiger partial charge on any atom is -0.469 e. The van der Waals surface area contributed by atoms with Gasteiger partial charge in [-0.05, 0) is 78.3 Å².